The summed E-state index contributed by atoms with van der Waals surface area (Å²) in [7, 11) is 0. The zero-order valence-electron chi connectivity index (χ0n) is 13.1. The average molecular weight is 472 g/mol. The van der Waals surface area contributed by atoms with Crippen LogP contribution in [0.25, 0.3) is 28.5 Å². The molecule has 0 fully saturated rings. The fraction of sp³-hybridized carbons (Fsp3) is 0. The van der Waals surface area contributed by atoms with Crippen LogP contribution in [0.1, 0.15) is 0 Å². The van der Waals surface area contributed by atoms with Crippen LogP contribution in [-0.2, 0) is 0 Å². The van der Waals surface area contributed by atoms with Gasteiger partial charge in [0.25, 0.3) is 0 Å². The first-order valence-corrected chi connectivity index (χ1v) is 8.94. The maximum atomic E-state index is 14.7. The Bertz CT molecular complexity index is 1150. The van der Waals surface area contributed by atoms with Crippen molar-refractivity contribution >= 4 is 39.1 Å². The minimum absolute atomic E-state index is 0.0581. The van der Waals surface area contributed by atoms with E-state index in [0.29, 0.717) is 11.3 Å². The van der Waals surface area contributed by atoms with E-state index in [0.717, 1.165) is 0 Å². The second-order valence-electron chi connectivity index (χ2n) is 5.35. The molecule has 0 bridgehead atoms. The molecule has 0 amide bonds. The highest BCUT2D eigenvalue weighted by molar-refractivity contribution is 9.10. The lowest BCUT2D eigenvalue weighted by molar-refractivity contribution is 0.617. The highest BCUT2D eigenvalue weighted by atomic mass is 79.9. The van der Waals surface area contributed by atoms with Gasteiger partial charge in [-0.15, -0.1) is 10.2 Å². The van der Waals surface area contributed by atoms with Crippen molar-refractivity contribution in [2.24, 2.45) is 0 Å². The molecule has 0 aliphatic carbocycles. The number of hydrogen-bond donors (Lipinski definition) is 1. The number of aromatic nitrogens is 6. The summed E-state index contributed by atoms with van der Waals surface area (Å²) in [5.74, 6) is -1.06. The first-order chi connectivity index (χ1) is 13.0. The molecular weight excluding hydrogens is 465 g/mol. The van der Waals surface area contributed by atoms with Crippen molar-refractivity contribution in [1.29, 1.82) is 0 Å². The molecule has 4 aromatic rings. The standard InChI is InChI=1S/C16H7BrCl2F2N6/c17-16-22-13(15-23-25-26-24-15)14(7-4-5-10(20)9(19)6-7)27(16)11-3-1-2-8(18)12(11)21/h1-6H,(H,23,24,25,26). The van der Waals surface area contributed by atoms with Crippen molar-refractivity contribution in [3.8, 4) is 28.5 Å². The third kappa shape index (κ3) is 3.11. The molecule has 4 rings (SSSR count). The Kier molecular flexibility index (Phi) is 4.67. The van der Waals surface area contributed by atoms with Crippen molar-refractivity contribution < 1.29 is 8.78 Å². The van der Waals surface area contributed by atoms with Gasteiger partial charge in [-0.1, -0.05) is 29.3 Å². The number of H-pyrrole nitrogens is 1. The van der Waals surface area contributed by atoms with Crippen LogP contribution in [0.15, 0.2) is 41.1 Å². The number of halogens is 5. The predicted molar refractivity (Wildman–Crippen MR) is 99.8 cm³/mol. The minimum atomic E-state index is -0.647. The molecule has 0 spiro atoms. The normalized spacial score (nSPS) is 11.1. The van der Waals surface area contributed by atoms with E-state index in [1.54, 1.807) is 6.07 Å². The maximum Gasteiger partial charge on any atom is 0.225 e. The third-order valence-electron chi connectivity index (χ3n) is 3.76. The summed E-state index contributed by atoms with van der Waals surface area (Å²) in [4.78, 5) is 4.38. The maximum absolute atomic E-state index is 14.7. The molecule has 6 nitrogen and oxygen atoms in total. The molecule has 2 heterocycles. The summed E-state index contributed by atoms with van der Waals surface area (Å²) in [6.45, 7) is 0. The van der Waals surface area contributed by atoms with Gasteiger partial charge < -0.3 is 0 Å². The smallest absolute Gasteiger partial charge is 0.225 e. The first kappa shape index (κ1) is 18.0. The molecule has 0 radical (unpaired) electrons. The van der Waals surface area contributed by atoms with E-state index < -0.39 is 11.6 Å². The quantitative estimate of drug-likeness (QED) is 0.453. The van der Waals surface area contributed by atoms with E-state index in [-0.39, 0.29) is 32.0 Å². The van der Waals surface area contributed by atoms with Gasteiger partial charge >= 0.3 is 0 Å². The van der Waals surface area contributed by atoms with Gasteiger partial charge in [-0.25, -0.2) is 13.8 Å². The fourth-order valence-electron chi connectivity index (χ4n) is 2.61. The van der Waals surface area contributed by atoms with E-state index >= 15 is 0 Å². The number of tetrazole rings is 1. The van der Waals surface area contributed by atoms with Gasteiger partial charge in [-0.2, -0.15) is 5.21 Å². The molecule has 0 aliphatic heterocycles. The van der Waals surface area contributed by atoms with Gasteiger partial charge in [0.15, 0.2) is 10.6 Å². The van der Waals surface area contributed by atoms with Crippen LogP contribution >= 0.6 is 39.1 Å². The van der Waals surface area contributed by atoms with Gasteiger partial charge in [-0.05, 0) is 51.5 Å². The van der Waals surface area contributed by atoms with E-state index in [4.69, 9.17) is 23.2 Å². The largest absolute Gasteiger partial charge is 0.283 e. The van der Waals surface area contributed by atoms with Gasteiger partial charge in [0.2, 0.25) is 5.82 Å². The zero-order valence-corrected chi connectivity index (χ0v) is 16.2. The number of nitrogens with zero attached hydrogens (tertiary/aromatic N) is 5. The second kappa shape index (κ2) is 6.99. The summed E-state index contributed by atoms with van der Waals surface area (Å²) >= 11 is 15.2. The number of aromatic amines is 1. The molecule has 0 unspecified atom stereocenters. The van der Waals surface area contributed by atoms with E-state index in [2.05, 4.69) is 41.5 Å². The van der Waals surface area contributed by atoms with Crippen LogP contribution in [0.5, 0.6) is 0 Å². The van der Waals surface area contributed by atoms with Gasteiger partial charge in [-0.3, -0.25) is 4.57 Å². The first-order valence-electron chi connectivity index (χ1n) is 7.39. The van der Waals surface area contributed by atoms with Crippen LogP contribution in [0, 0.1) is 11.6 Å². The van der Waals surface area contributed by atoms with Crippen LogP contribution < -0.4 is 0 Å². The Morgan fingerprint density at radius 3 is 2.59 bits per heavy atom. The number of hydrogen-bond acceptors (Lipinski definition) is 4. The van der Waals surface area contributed by atoms with Gasteiger partial charge in [0.05, 0.1) is 21.4 Å². The molecule has 136 valence electrons. The zero-order chi connectivity index (χ0) is 19.1. The number of benzene rings is 2. The molecule has 0 atom stereocenters. The van der Waals surface area contributed by atoms with Crippen molar-refractivity contribution in [3.05, 3.63) is 62.8 Å². The molecule has 2 aromatic carbocycles. The number of imidazole rings is 1. The van der Waals surface area contributed by atoms with Crippen LogP contribution in [0.3, 0.4) is 0 Å². The average Bonchev–Trinajstić information content (AvgIpc) is 3.28. The monoisotopic (exact) mass is 470 g/mol. The lowest BCUT2D eigenvalue weighted by atomic mass is 10.1. The lowest BCUT2D eigenvalue weighted by Crippen LogP contribution is -2.02. The number of rotatable bonds is 3. The van der Waals surface area contributed by atoms with Crippen molar-refractivity contribution in [2.75, 3.05) is 0 Å². The van der Waals surface area contributed by atoms with Crippen LogP contribution in [0.4, 0.5) is 8.78 Å². The fourth-order valence-corrected chi connectivity index (χ4v) is 3.50. The highest BCUT2D eigenvalue weighted by Crippen LogP contribution is 2.38. The second-order valence-corrected chi connectivity index (χ2v) is 6.87. The summed E-state index contributed by atoms with van der Waals surface area (Å²) in [5.41, 5.74) is 1.27. The molecule has 27 heavy (non-hydrogen) atoms. The molecular formula is C16H7BrCl2F2N6. The molecule has 2 aromatic heterocycles. The Hall–Kier alpha value is -2.36. The van der Waals surface area contributed by atoms with Crippen LogP contribution in [-0.4, -0.2) is 30.2 Å². The Morgan fingerprint density at radius 2 is 1.89 bits per heavy atom. The summed E-state index contributed by atoms with van der Waals surface area (Å²) in [6, 6.07) is 8.66. The Morgan fingerprint density at radius 1 is 1.07 bits per heavy atom. The van der Waals surface area contributed by atoms with Crippen LogP contribution in [0.2, 0.25) is 10.0 Å². The molecule has 11 heteroatoms. The predicted octanol–water partition coefficient (Wildman–Crippen LogP) is 5.07. The molecule has 0 saturated heterocycles. The third-order valence-corrected chi connectivity index (χ3v) is 4.87. The SMILES string of the molecule is Fc1ccc(-c2c(-c3nn[nH]n3)nc(Br)n2-c2cccc(Cl)c2F)cc1Cl. The summed E-state index contributed by atoms with van der Waals surface area (Å²) in [5, 5.41) is 13.6. The van der Waals surface area contributed by atoms with E-state index in [9.17, 15) is 8.78 Å². The van der Waals surface area contributed by atoms with Crippen molar-refractivity contribution in [3.63, 3.8) is 0 Å². The Labute approximate surface area is 169 Å². The van der Waals surface area contributed by atoms with Crippen molar-refractivity contribution in [1.82, 2.24) is 30.2 Å². The lowest BCUT2D eigenvalue weighted by Gasteiger charge is -2.12. The molecule has 1 N–H and O–H groups in total. The minimum Gasteiger partial charge on any atom is -0.283 e. The van der Waals surface area contributed by atoms with E-state index in [1.807, 2.05) is 0 Å². The topological polar surface area (TPSA) is 72.3 Å². The molecule has 0 aliphatic rings. The summed E-state index contributed by atoms with van der Waals surface area (Å²) in [6.07, 6.45) is 0. The molecule has 0 saturated carbocycles. The highest BCUT2D eigenvalue weighted by Gasteiger charge is 2.25. The van der Waals surface area contributed by atoms with Gasteiger partial charge in [0, 0.05) is 5.56 Å². The van der Waals surface area contributed by atoms with Gasteiger partial charge in [0.1, 0.15) is 11.5 Å². The summed E-state index contributed by atoms with van der Waals surface area (Å²) < 4.78 is 30.1. The Balaban J connectivity index is 2.07. The van der Waals surface area contributed by atoms with Crippen molar-refractivity contribution in [2.45, 2.75) is 0 Å². The van der Waals surface area contributed by atoms with E-state index in [1.165, 1.54) is 34.9 Å². The number of nitrogens with one attached hydrogen (secondary N) is 1.